The third kappa shape index (κ3) is 6.33. The Hall–Kier alpha value is -1.25. The standard InChI is InChI=1S/C16H21N3O2S3/c1-4-21-13-8-6-5-7-12(13)17-14(20)10-23-16-19-18-15(24-16)22-9-11(2)3/h5-8,11H,4,9-10H2,1-3H3,(H,17,20). The summed E-state index contributed by atoms with van der Waals surface area (Å²) in [6.45, 7) is 6.82. The van der Waals surface area contributed by atoms with E-state index in [1.54, 1.807) is 11.8 Å². The van der Waals surface area contributed by atoms with Crippen LogP contribution in [-0.4, -0.2) is 34.2 Å². The molecule has 0 aliphatic rings. The van der Waals surface area contributed by atoms with Crippen LogP contribution in [0.4, 0.5) is 5.69 Å². The summed E-state index contributed by atoms with van der Waals surface area (Å²) in [5, 5.41) is 11.2. The highest BCUT2D eigenvalue weighted by Gasteiger charge is 2.11. The predicted molar refractivity (Wildman–Crippen MR) is 102 cm³/mol. The van der Waals surface area contributed by atoms with E-state index in [0.717, 1.165) is 14.4 Å². The molecule has 0 aliphatic heterocycles. The Balaban J connectivity index is 1.83. The second-order valence-corrected chi connectivity index (χ2v) is 8.77. The quantitative estimate of drug-likeness (QED) is 0.647. The van der Waals surface area contributed by atoms with Crippen LogP contribution in [0.15, 0.2) is 32.9 Å². The molecular formula is C16H21N3O2S3. The maximum absolute atomic E-state index is 12.1. The molecule has 0 saturated carbocycles. The van der Waals surface area contributed by atoms with Crippen molar-refractivity contribution in [1.82, 2.24) is 10.2 Å². The number of aromatic nitrogens is 2. The average Bonchev–Trinajstić information content (AvgIpc) is 3.01. The molecular weight excluding hydrogens is 362 g/mol. The Morgan fingerprint density at radius 2 is 1.96 bits per heavy atom. The summed E-state index contributed by atoms with van der Waals surface area (Å²) >= 11 is 4.64. The van der Waals surface area contributed by atoms with E-state index >= 15 is 0 Å². The number of carbonyl (C=O) groups is 1. The van der Waals surface area contributed by atoms with Crippen molar-refractivity contribution in [1.29, 1.82) is 0 Å². The van der Waals surface area contributed by atoms with Gasteiger partial charge in [0.25, 0.3) is 0 Å². The normalized spacial score (nSPS) is 10.8. The molecule has 8 heteroatoms. The topological polar surface area (TPSA) is 64.1 Å². The van der Waals surface area contributed by atoms with E-state index in [4.69, 9.17) is 4.74 Å². The Labute approximate surface area is 155 Å². The summed E-state index contributed by atoms with van der Waals surface area (Å²) in [6.07, 6.45) is 0. The van der Waals surface area contributed by atoms with Crippen LogP contribution in [-0.2, 0) is 4.79 Å². The van der Waals surface area contributed by atoms with E-state index in [1.807, 2.05) is 31.2 Å². The largest absolute Gasteiger partial charge is 0.492 e. The summed E-state index contributed by atoms with van der Waals surface area (Å²) < 4.78 is 7.27. The number of para-hydroxylation sites is 2. The van der Waals surface area contributed by atoms with Gasteiger partial charge in [-0.3, -0.25) is 4.79 Å². The monoisotopic (exact) mass is 383 g/mol. The number of carbonyl (C=O) groups excluding carboxylic acids is 1. The van der Waals surface area contributed by atoms with Gasteiger partial charge in [0.1, 0.15) is 5.75 Å². The lowest BCUT2D eigenvalue weighted by Gasteiger charge is -2.10. The van der Waals surface area contributed by atoms with E-state index in [1.165, 1.54) is 23.1 Å². The van der Waals surface area contributed by atoms with Crippen LogP contribution in [0.5, 0.6) is 5.75 Å². The SMILES string of the molecule is CCOc1ccccc1NC(=O)CSc1nnc(SCC(C)C)s1. The van der Waals surface area contributed by atoms with Crippen LogP contribution in [0, 0.1) is 5.92 Å². The van der Waals surface area contributed by atoms with Gasteiger partial charge in [0, 0.05) is 5.75 Å². The van der Waals surface area contributed by atoms with Crippen molar-refractivity contribution >= 4 is 46.5 Å². The van der Waals surface area contributed by atoms with Crippen molar-refractivity contribution in [2.45, 2.75) is 29.5 Å². The fourth-order valence-electron chi connectivity index (χ4n) is 1.72. The molecule has 1 aromatic carbocycles. The highest BCUT2D eigenvalue weighted by molar-refractivity contribution is 8.03. The molecule has 2 aromatic rings. The van der Waals surface area contributed by atoms with Crippen molar-refractivity contribution < 1.29 is 9.53 Å². The van der Waals surface area contributed by atoms with Gasteiger partial charge in [-0.25, -0.2) is 0 Å². The summed E-state index contributed by atoms with van der Waals surface area (Å²) in [5.41, 5.74) is 0.690. The van der Waals surface area contributed by atoms with E-state index in [-0.39, 0.29) is 5.91 Å². The van der Waals surface area contributed by atoms with Gasteiger partial charge < -0.3 is 10.1 Å². The van der Waals surface area contributed by atoms with Gasteiger partial charge in [-0.1, -0.05) is 60.8 Å². The molecule has 24 heavy (non-hydrogen) atoms. The first kappa shape index (κ1) is 19.1. The third-order valence-electron chi connectivity index (χ3n) is 2.72. The van der Waals surface area contributed by atoms with E-state index < -0.39 is 0 Å². The van der Waals surface area contributed by atoms with Gasteiger partial charge in [0.15, 0.2) is 8.68 Å². The maximum atomic E-state index is 12.1. The minimum Gasteiger partial charge on any atom is -0.492 e. The molecule has 1 N–H and O–H groups in total. The number of ether oxygens (including phenoxy) is 1. The average molecular weight is 384 g/mol. The fourth-order valence-corrected chi connectivity index (χ4v) is 4.51. The van der Waals surface area contributed by atoms with Crippen LogP contribution in [0.1, 0.15) is 20.8 Å². The Morgan fingerprint density at radius 1 is 1.25 bits per heavy atom. The van der Waals surface area contributed by atoms with E-state index in [0.29, 0.717) is 29.7 Å². The predicted octanol–water partition coefficient (Wildman–Crippen LogP) is 4.42. The van der Waals surface area contributed by atoms with Gasteiger partial charge in [0.2, 0.25) is 5.91 Å². The van der Waals surface area contributed by atoms with Gasteiger partial charge in [0.05, 0.1) is 18.0 Å². The number of anilines is 1. The van der Waals surface area contributed by atoms with Crippen molar-refractivity contribution in [3.8, 4) is 5.75 Å². The highest BCUT2D eigenvalue weighted by atomic mass is 32.2. The summed E-state index contributed by atoms with van der Waals surface area (Å²) in [4.78, 5) is 12.1. The van der Waals surface area contributed by atoms with Gasteiger partial charge >= 0.3 is 0 Å². The minimum absolute atomic E-state index is 0.0845. The lowest BCUT2D eigenvalue weighted by Crippen LogP contribution is -2.14. The van der Waals surface area contributed by atoms with Crippen molar-refractivity contribution in [3.63, 3.8) is 0 Å². The first-order valence-electron chi connectivity index (χ1n) is 7.69. The Bertz CT molecular complexity index is 662. The number of amides is 1. The second-order valence-electron chi connectivity index (χ2n) is 5.30. The minimum atomic E-state index is -0.0845. The molecule has 0 fully saturated rings. The summed E-state index contributed by atoms with van der Waals surface area (Å²) in [5.74, 6) is 2.53. The van der Waals surface area contributed by atoms with Crippen molar-refractivity contribution in [2.75, 3.05) is 23.4 Å². The molecule has 5 nitrogen and oxygen atoms in total. The first-order valence-corrected chi connectivity index (χ1v) is 10.5. The summed E-state index contributed by atoms with van der Waals surface area (Å²) in [7, 11) is 0. The van der Waals surface area contributed by atoms with Crippen molar-refractivity contribution in [2.24, 2.45) is 5.92 Å². The summed E-state index contributed by atoms with van der Waals surface area (Å²) in [6, 6.07) is 7.43. The molecule has 0 aliphatic carbocycles. The zero-order valence-corrected chi connectivity index (χ0v) is 16.4. The van der Waals surface area contributed by atoms with Crippen LogP contribution < -0.4 is 10.1 Å². The van der Waals surface area contributed by atoms with Gasteiger partial charge in [-0.15, -0.1) is 10.2 Å². The molecule has 130 valence electrons. The molecule has 1 amide bonds. The molecule has 0 saturated heterocycles. The molecule has 0 radical (unpaired) electrons. The van der Waals surface area contributed by atoms with Crippen molar-refractivity contribution in [3.05, 3.63) is 24.3 Å². The van der Waals surface area contributed by atoms with E-state index in [2.05, 4.69) is 29.4 Å². The molecule has 1 aromatic heterocycles. The molecule has 2 rings (SSSR count). The Morgan fingerprint density at radius 3 is 2.67 bits per heavy atom. The smallest absolute Gasteiger partial charge is 0.234 e. The lowest BCUT2D eigenvalue weighted by molar-refractivity contribution is -0.113. The zero-order valence-electron chi connectivity index (χ0n) is 13.9. The maximum Gasteiger partial charge on any atom is 0.234 e. The lowest BCUT2D eigenvalue weighted by atomic mass is 10.3. The molecule has 0 spiro atoms. The molecule has 0 atom stereocenters. The Kier molecular flexibility index (Phi) is 7.87. The van der Waals surface area contributed by atoms with Crippen LogP contribution >= 0.6 is 34.9 Å². The molecule has 0 bridgehead atoms. The number of rotatable bonds is 9. The third-order valence-corrected chi connectivity index (χ3v) is 6.33. The number of thioether (sulfide) groups is 2. The number of hydrogen-bond acceptors (Lipinski definition) is 7. The number of hydrogen-bond donors (Lipinski definition) is 1. The van der Waals surface area contributed by atoms with Gasteiger partial charge in [-0.2, -0.15) is 0 Å². The van der Waals surface area contributed by atoms with E-state index in [9.17, 15) is 4.79 Å². The number of nitrogens with zero attached hydrogens (tertiary/aromatic N) is 2. The number of nitrogens with one attached hydrogen (secondary N) is 1. The fraction of sp³-hybridized carbons (Fsp3) is 0.438. The van der Waals surface area contributed by atoms with Crippen LogP contribution in [0.3, 0.4) is 0 Å². The highest BCUT2D eigenvalue weighted by Crippen LogP contribution is 2.30. The molecule has 1 heterocycles. The van der Waals surface area contributed by atoms with Crippen LogP contribution in [0.2, 0.25) is 0 Å². The number of benzene rings is 1. The first-order chi connectivity index (χ1) is 11.6. The van der Waals surface area contributed by atoms with Crippen LogP contribution in [0.25, 0.3) is 0 Å². The zero-order chi connectivity index (χ0) is 17.4. The van der Waals surface area contributed by atoms with Gasteiger partial charge in [-0.05, 0) is 25.0 Å². The second kappa shape index (κ2) is 9.90. The molecule has 0 unspecified atom stereocenters.